The smallest absolute Gasteiger partial charge is 0.307 e. The van der Waals surface area contributed by atoms with Crippen molar-refractivity contribution in [2.24, 2.45) is 0 Å². The molecule has 1 atom stereocenters. The van der Waals surface area contributed by atoms with Crippen LogP contribution in [0, 0.1) is 0 Å². The van der Waals surface area contributed by atoms with Gasteiger partial charge in [-0.3, -0.25) is 9.59 Å². The van der Waals surface area contributed by atoms with Crippen molar-refractivity contribution in [3.8, 4) is 5.75 Å². The lowest BCUT2D eigenvalue weighted by molar-refractivity contribution is -0.146. The lowest BCUT2D eigenvalue weighted by Crippen LogP contribution is -2.25. The van der Waals surface area contributed by atoms with E-state index in [2.05, 4.69) is 0 Å². The van der Waals surface area contributed by atoms with E-state index in [4.69, 9.17) is 9.47 Å². The highest BCUT2D eigenvalue weighted by Gasteiger charge is 2.23. The molecule has 0 aliphatic heterocycles. The zero-order valence-electron chi connectivity index (χ0n) is 16.6. The Morgan fingerprint density at radius 2 is 1.31 bits per heavy atom. The van der Waals surface area contributed by atoms with Gasteiger partial charge in [-0.1, -0.05) is 60.7 Å². The molecule has 4 nitrogen and oxygen atoms in total. The average molecular weight is 388 g/mol. The van der Waals surface area contributed by atoms with E-state index in [0.29, 0.717) is 11.3 Å². The lowest BCUT2D eigenvalue weighted by Gasteiger charge is -2.19. The van der Waals surface area contributed by atoms with E-state index >= 15 is 0 Å². The Hall–Kier alpha value is -3.40. The van der Waals surface area contributed by atoms with Crippen molar-refractivity contribution in [2.75, 3.05) is 7.11 Å². The van der Waals surface area contributed by atoms with Gasteiger partial charge in [-0.25, -0.2) is 0 Å². The summed E-state index contributed by atoms with van der Waals surface area (Å²) in [5.41, 5.74) is 2.54. The molecule has 0 aromatic heterocycles. The monoisotopic (exact) mass is 388 g/mol. The first-order chi connectivity index (χ1) is 14.1. The number of hydrogen-bond donors (Lipinski definition) is 0. The summed E-state index contributed by atoms with van der Waals surface area (Å²) in [4.78, 5) is 25.2. The molecule has 0 radical (unpaired) electrons. The summed E-state index contributed by atoms with van der Waals surface area (Å²) < 4.78 is 10.6. The quantitative estimate of drug-likeness (QED) is 0.401. The molecule has 0 spiro atoms. The largest absolute Gasteiger partial charge is 0.497 e. The van der Waals surface area contributed by atoms with Gasteiger partial charge in [0.15, 0.2) is 6.10 Å². The van der Waals surface area contributed by atoms with E-state index in [9.17, 15) is 9.59 Å². The molecule has 0 saturated heterocycles. The third-order valence-electron chi connectivity index (χ3n) is 4.83. The van der Waals surface area contributed by atoms with Crippen molar-refractivity contribution in [1.82, 2.24) is 0 Å². The molecular formula is C25H24O4. The van der Waals surface area contributed by atoms with Gasteiger partial charge in [-0.05, 0) is 42.3 Å². The number of esters is 1. The van der Waals surface area contributed by atoms with Crippen LogP contribution in [0.25, 0.3) is 0 Å². The van der Waals surface area contributed by atoms with E-state index in [1.165, 1.54) is 0 Å². The summed E-state index contributed by atoms with van der Waals surface area (Å²) in [6, 6.07) is 26.4. The summed E-state index contributed by atoms with van der Waals surface area (Å²) in [5, 5.41) is 0. The number of carbonyl (C=O) groups is 2. The van der Waals surface area contributed by atoms with Gasteiger partial charge in [0.2, 0.25) is 5.78 Å². The second-order valence-electron chi connectivity index (χ2n) is 6.80. The highest BCUT2D eigenvalue weighted by molar-refractivity contribution is 6.00. The summed E-state index contributed by atoms with van der Waals surface area (Å²) in [6.45, 7) is 1.60. The first-order valence-corrected chi connectivity index (χ1v) is 9.56. The number of benzene rings is 3. The Morgan fingerprint density at radius 1 is 0.793 bits per heavy atom. The molecule has 0 heterocycles. The van der Waals surface area contributed by atoms with Crippen LogP contribution >= 0.6 is 0 Å². The minimum atomic E-state index is -0.858. The summed E-state index contributed by atoms with van der Waals surface area (Å²) in [7, 11) is 1.57. The number of ketones is 1. The number of carbonyl (C=O) groups excluding carboxylic acids is 2. The van der Waals surface area contributed by atoms with E-state index in [1.54, 1.807) is 38.3 Å². The minimum Gasteiger partial charge on any atom is -0.497 e. The fourth-order valence-corrected chi connectivity index (χ4v) is 3.25. The van der Waals surface area contributed by atoms with E-state index < -0.39 is 12.1 Å². The predicted molar refractivity (Wildman–Crippen MR) is 112 cm³/mol. The van der Waals surface area contributed by atoms with Crippen LogP contribution < -0.4 is 4.74 Å². The Bertz CT molecular complexity index is 894. The van der Waals surface area contributed by atoms with Crippen LogP contribution in [-0.4, -0.2) is 25.0 Å². The number of rotatable bonds is 8. The van der Waals surface area contributed by atoms with Gasteiger partial charge in [0, 0.05) is 11.5 Å². The maximum absolute atomic E-state index is 12.7. The standard InChI is InChI=1S/C25H24O4/c1-18(25(27)21-13-15-22(28-2)16-14-21)29-24(26)17-23(19-9-5-3-6-10-19)20-11-7-4-8-12-20/h3-16,18,23H,17H2,1-2H3/t18-/m0/s1. The normalized spacial score (nSPS) is 11.7. The molecule has 148 valence electrons. The van der Waals surface area contributed by atoms with E-state index in [-0.39, 0.29) is 18.1 Å². The molecule has 29 heavy (non-hydrogen) atoms. The molecule has 3 rings (SSSR count). The SMILES string of the molecule is COc1ccc(C(=O)[C@H](C)OC(=O)CC(c2ccccc2)c2ccccc2)cc1. The molecule has 3 aromatic rings. The first kappa shape index (κ1) is 20.3. The molecule has 0 unspecified atom stereocenters. The Morgan fingerprint density at radius 3 is 1.79 bits per heavy atom. The van der Waals surface area contributed by atoms with Crippen molar-refractivity contribution in [3.05, 3.63) is 102 Å². The number of hydrogen-bond acceptors (Lipinski definition) is 4. The van der Waals surface area contributed by atoms with Crippen molar-refractivity contribution in [1.29, 1.82) is 0 Å². The molecule has 0 saturated carbocycles. The fourth-order valence-electron chi connectivity index (χ4n) is 3.25. The fraction of sp³-hybridized carbons (Fsp3) is 0.200. The van der Waals surface area contributed by atoms with Crippen LogP contribution in [0.15, 0.2) is 84.9 Å². The van der Waals surface area contributed by atoms with Crippen LogP contribution in [0.5, 0.6) is 5.75 Å². The minimum absolute atomic E-state index is 0.131. The second kappa shape index (κ2) is 9.69. The maximum Gasteiger partial charge on any atom is 0.307 e. The van der Waals surface area contributed by atoms with Crippen molar-refractivity contribution in [2.45, 2.75) is 25.4 Å². The molecule has 0 N–H and O–H groups in total. The Kier molecular flexibility index (Phi) is 6.80. The molecule has 0 amide bonds. The molecule has 0 aliphatic rings. The van der Waals surface area contributed by atoms with Crippen molar-refractivity contribution >= 4 is 11.8 Å². The average Bonchev–Trinajstić information content (AvgIpc) is 2.78. The highest BCUT2D eigenvalue weighted by Crippen LogP contribution is 2.28. The summed E-state index contributed by atoms with van der Waals surface area (Å²) >= 11 is 0. The Labute approximate surface area is 171 Å². The van der Waals surface area contributed by atoms with Crippen molar-refractivity contribution < 1.29 is 19.1 Å². The van der Waals surface area contributed by atoms with Gasteiger partial charge in [0.25, 0.3) is 0 Å². The first-order valence-electron chi connectivity index (χ1n) is 9.56. The third kappa shape index (κ3) is 5.32. The summed E-state index contributed by atoms with van der Waals surface area (Å²) in [6.07, 6.45) is -0.697. The van der Waals surface area contributed by atoms with Crippen molar-refractivity contribution in [3.63, 3.8) is 0 Å². The second-order valence-corrected chi connectivity index (χ2v) is 6.80. The van der Waals surface area contributed by atoms with Crippen LogP contribution in [0.3, 0.4) is 0 Å². The van der Waals surface area contributed by atoms with Gasteiger partial charge >= 0.3 is 5.97 Å². The van der Waals surface area contributed by atoms with Crippen LogP contribution in [0.1, 0.15) is 40.7 Å². The predicted octanol–water partition coefficient (Wildman–Crippen LogP) is 5.03. The van der Waals surface area contributed by atoms with Crippen LogP contribution in [-0.2, 0) is 9.53 Å². The van der Waals surface area contributed by atoms with Gasteiger partial charge in [0.1, 0.15) is 5.75 Å². The van der Waals surface area contributed by atoms with Gasteiger partial charge in [0.05, 0.1) is 13.5 Å². The lowest BCUT2D eigenvalue weighted by atomic mass is 9.88. The topological polar surface area (TPSA) is 52.6 Å². The Balaban J connectivity index is 1.70. The van der Waals surface area contributed by atoms with E-state index in [0.717, 1.165) is 11.1 Å². The molecule has 0 fully saturated rings. The molecular weight excluding hydrogens is 364 g/mol. The zero-order chi connectivity index (χ0) is 20.6. The zero-order valence-corrected chi connectivity index (χ0v) is 16.6. The highest BCUT2D eigenvalue weighted by atomic mass is 16.5. The van der Waals surface area contributed by atoms with Crippen LogP contribution in [0.4, 0.5) is 0 Å². The molecule has 4 heteroatoms. The summed E-state index contributed by atoms with van der Waals surface area (Å²) in [5.74, 6) is -0.109. The van der Waals surface area contributed by atoms with E-state index in [1.807, 2.05) is 60.7 Å². The number of Topliss-reactive ketones (excluding diaryl/α,β-unsaturated/α-hetero) is 1. The van der Waals surface area contributed by atoms with Gasteiger partial charge in [-0.2, -0.15) is 0 Å². The number of ether oxygens (including phenoxy) is 2. The number of methoxy groups -OCH3 is 1. The third-order valence-corrected chi connectivity index (χ3v) is 4.83. The molecule has 3 aromatic carbocycles. The van der Waals surface area contributed by atoms with Gasteiger partial charge in [-0.15, -0.1) is 0 Å². The van der Waals surface area contributed by atoms with Gasteiger partial charge < -0.3 is 9.47 Å². The van der Waals surface area contributed by atoms with Crippen LogP contribution in [0.2, 0.25) is 0 Å². The molecule has 0 aliphatic carbocycles. The maximum atomic E-state index is 12.7. The molecule has 0 bridgehead atoms.